The van der Waals surface area contributed by atoms with E-state index in [9.17, 15) is 9.90 Å². The van der Waals surface area contributed by atoms with E-state index in [-0.39, 0.29) is 11.6 Å². The summed E-state index contributed by atoms with van der Waals surface area (Å²) in [5.74, 6) is -1.03. The molecule has 1 aromatic heterocycles. The van der Waals surface area contributed by atoms with Crippen molar-refractivity contribution in [2.45, 2.75) is 32.7 Å². The van der Waals surface area contributed by atoms with Crippen molar-refractivity contribution in [2.75, 3.05) is 0 Å². The Morgan fingerprint density at radius 3 is 2.57 bits per heavy atom. The number of hydrogen-bond acceptors (Lipinski definition) is 2. The zero-order valence-corrected chi connectivity index (χ0v) is 13.3. The molecule has 1 heterocycles. The van der Waals surface area contributed by atoms with E-state index in [4.69, 9.17) is 23.2 Å². The van der Waals surface area contributed by atoms with Crippen LogP contribution < -0.4 is 0 Å². The number of benzene rings is 1. The zero-order valence-electron chi connectivity index (χ0n) is 11.8. The SMILES string of the molecule is CCC(CC)n1cc(C(=O)O)c(-c2cc(Cl)ccc2Cl)n1. The molecular formula is C15H16Cl2N2O2. The van der Waals surface area contributed by atoms with E-state index >= 15 is 0 Å². The number of rotatable bonds is 5. The summed E-state index contributed by atoms with van der Waals surface area (Å²) in [7, 11) is 0. The van der Waals surface area contributed by atoms with E-state index in [0.717, 1.165) is 12.8 Å². The van der Waals surface area contributed by atoms with Crippen LogP contribution in [0, 0.1) is 0 Å². The van der Waals surface area contributed by atoms with Gasteiger partial charge in [-0.25, -0.2) is 4.79 Å². The number of aromatic nitrogens is 2. The second-order valence-corrected chi connectivity index (χ2v) is 5.61. The van der Waals surface area contributed by atoms with Crippen molar-refractivity contribution in [2.24, 2.45) is 0 Å². The van der Waals surface area contributed by atoms with Crippen LogP contribution in [0.15, 0.2) is 24.4 Å². The fraction of sp³-hybridized carbons (Fsp3) is 0.333. The van der Waals surface area contributed by atoms with Crippen molar-refractivity contribution >= 4 is 29.2 Å². The molecule has 0 bridgehead atoms. The summed E-state index contributed by atoms with van der Waals surface area (Å²) < 4.78 is 1.70. The Hall–Kier alpha value is -1.52. The molecule has 1 aromatic carbocycles. The number of carbonyl (C=O) groups is 1. The first-order chi connectivity index (χ1) is 9.97. The third-order valence-electron chi connectivity index (χ3n) is 3.46. The van der Waals surface area contributed by atoms with Crippen LogP contribution in [0.3, 0.4) is 0 Å². The van der Waals surface area contributed by atoms with Crippen molar-refractivity contribution in [3.8, 4) is 11.3 Å². The summed E-state index contributed by atoms with van der Waals surface area (Å²) in [6.45, 7) is 4.09. The summed E-state index contributed by atoms with van der Waals surface area (Å²) in [4.78, 5) is 11.5. The van der Waals surface area contributed by atoms with E-state index in [1.807, 2.05) is 13.8 Å². The molecule has 1 N–H and O–H groups in total. The number of halogens is 2. The van der Waals surface area contributed by atoms with Crippen molar-refractivity contribution in [1.82, 2.24) is 9.78 Å². The van der Waals surface area contributed by atoms with Crippen LogP contribution in [0.2, 0.25) is 10.0 Å². The van der Waals surface area contributed by atoms with Gasteiger partial charge < -0.3 is 5.11 Å². The maximum atomic E-state index is 11.5. The Morgan fingerprint density at radius 1 is 1.33 bits per heavy atom. The van der Waals surface area contributed by atoms with Crippen LogP contribution in [0.4, 0.5) is 0 Å². The van der Waals surface area contributed by atoms with Crippen LogP contribution in [0.25, 0.3) is 11.3 Å². The van der Waals surface area contributed by atoms with E-state index in [1.165, 1.54) is 0 Å². The highest BCUT2D eigenvalue weighted by Gasteiger charge is 2.21. The van der Waals surface area contributed by atoms with Gasteiger partial charge in [-0.1, -0.05) is 37.0 Å². The summed E-state index contributed by atoms with van der Waals surface area (Å²) in [5.41, 5.74) is 1.01. The normalized spacial score (nSPS) is 11.1. The molecule has 0 saturated heterocycles. The molecule has 0 unspecified atom stereocenters. The second-order valence-electron chi connectivity index (χ2n) is 4.77. The van der Waals surface area contributed by atoms with Gasteiger partial charge in [0.2, 0.25) is 0 Å². The summed E-state index contributed by atoms with van der Waals surface area (Å²) in [6, 6.07) is 5.10. The summed E-state index contributed by atoms with van der Waals surface area (Å²) in [6.07, 6.45) is 3.31. The minimum absolute atomic E-state index is 0.131. The van der Waals surface area contributed by atoms with Crippen LogP contribution in [0.1, 0.15) is 43.1 Å². The first-order valence-electron chi connectivity index (χ1n) is 6.75. The molecule has 0 saturated carbocycles. The molecule has 0 aliphatic rings. The average Bonchev–Trinajstić information content (AvgIpc) is 2.88. The van der Waals surface area contributed by atoms with Crippen molar-refractivity contribution in [3.05, 3.63) is 40.0 Å². The lowest BCUT2D eigenvalue weighted by atomic mass is 10.1. The van der Waals surface area contributed by atoms with Crippen LogP contribution in [0.5, 0.6) is 0 Å². The van der Waals surface area contributed by atoms with Gasteiger partial charge in [-0.05, 0) is 31.0 Å². The predicted octanol–water partition coefficient (Wildman–Crippen LogP) is 4.92. The van der Waals surface area contributed by atoms with Crippen LogP contribution in [-0.4, -0.2) is 20.9 Å². The Bertz CT molecular complexity index is 664. The highest BCUT2D eigenvalue weighted by Crippen LogP contribution is 2.33. The monoisotopic (exact) mass is 326 g/mol. The maximum absolute atomic E-state index is 11.5. The van der Waals surface area contributed by atoms with Gasteiger partial charge >= 0.3 is 5.97 Å². The van der Waals surface area contributed by atoms with Crippen molar-refractivity contribution < 1.29 is 9.90 Å². The molecular weight excluding hydrogens is 311 g/mol. The molecule has 0 aliphatic heterocycles. The van der Waals surface area contributed by atoms with Gasteiger partial charge in [-0.2, -0.15) is 5.10 Å². The Morgan fingerprint density at radius 2 is 2.00 bits per heavy atom. The second kappa shape index (κ2) is 6.50. The fourth-order valence-electron chi connectivity index (χ4n) is 2.28. The van der Waals surface area contributed by atoms with Gasteiger partial charge in [0.15, 0.2) is 0 Å². The average molecular weight is 327 g/mol. The Balaban J connectivity index is 2.61. The first kappa shape index (κ1) is 15.9. The molecule has 112 valence electrons. The number of aromatic carboxylic acids is 1. The summed E-state index contributed by atoms with van der Waals surface area (Å²) >= 11 is 12.1. The smallest absolute Gasteiger partial charge is 0.339 e. The number of carboxylic acid groups (broad SMARTS) is 1. The van der Waals surface area contributed by atoms with E-state index in [1.54, 1.807) is 29.1 Å². The Kier molecular flexibility index (Phi) is 4.91. The predicted molar refractivity (Wildman–Crippen MR) is 84.3 cm³/mol. The first-order valence-corrected chi connectivity index (χ1v) is 7.51. The molecule has 2 rings (SSSR count). The van der Waals surface area contributed by atoms with Gasteiger partial charge in [-0.15, -0.1) is 0 Å². The van der Waals surface area contributed by atoms with Crippen LogP contribution >= 0.6 is 23.2 Å². The molecule has 0 spiro atoms. The molecule has 21 heavy (non-hydrogen) atoms. The number of carboxylic acids is 1. The van der Waals surface area contributed by atoms with E-state index in [2.05, 4.69) is 5.10 Å². The third kappa shape index (κ3) is 3.22. The van der Waals surface area contributed by atoms with Gasteiger partial charge in [0.1, 0.15) is 11.3 Å². The minimum atomic E-state index is -1.03. The molecule has 0 radical (unpaired) electrons. The van der Waals surface area contributed by atoms with E-state index in [0.29, 0.717) is 21.3 Å². The molecule has 0 aliphatic carbocycles. The number of hydrogen-bond donors (Lipinski definition) is 1. The van der Waals surface area contributed by atoms with E-state index < -0.39 is 5.97 Å². The minimum Gasteiger partial charge on any atom is -0.478 e. The van der Waals surface area contributed by atoms with Gasteiger partial charge in [0.25, 0.3) is 0 Å². The number of nitrogens with zero attached hydrogens (tertiary/aromatic N) is 2. The maximum Gasteiger partial charge on any atom is 0.339 e. The zero-order chi connectivity index (χ0) is 15.6. The third-order valence-corrected chi connectivity index (χ3v) is 4.03. The molecule has 4 nitrogen and oxygen atoms in total. The van der Waals surface area contributed by atoms with Crippen molar-refractivity contribution in [3.63, 3.8) is 0 Å². The van der Waals surface area contributed by atoms with Crippen molar-refractivity contribution in [1.29, 1.82) is 0 Å². The molecule has 2 aromatic rings. The largest absolute Gasteiger partial charge is 0.478 e. The fourth-order valence-corrected chi connectivity index (χ4v) is 2.66. The Labute approximate surface area is 133 Å². The highest BCUT2D eigenvalue weighted by molar-refractivity contribution is 6.35. The quantitative estimate of drug-likeness (QED) is 0.848. The molecule has 0 fully saturated rings. The standard InChI is InChI=1S/C15H16Cl2N2O2/c1-3-10(4-2)19-8-12(15(20)21)14(18-19)11-7-9(16)5-6-13(11)17/h5-8,10H,3-4H2,1-2H3,(H,20,21). The topological polar surface area (TPSA) is 55.1 Å². The highest BCUT2D eigenvalue weighted by atomic mass is 35.5. The molecule has 6 heteroatoms. The molecule has 0 atom stereocenters. The van der Waals surface area contributed by atoms with Gasteiger partial charge in [0, 0.05) is 16.8 Å². The van der Waals surface area contributed by atoms with Gasteiger partial charge in [-0.3, -0.25) is 4.68 Å². The lowest BCUT2D eigenvalue weighted by Gasteiger charge is -2.12. The lowest BCUT2D eigenvalue weighted by Crippen LogP contribution is -2.07. The van der Waals surface area contributed by atoms with Gasteiger partial charge in [0.05, 0.1) is 11.1 Å². The lowest BCUT2D eigenvalue weighted by molar-refractivity contribution is 0.0697. The van der Waals surface area contributed by atoms with Crippen LogP contribution in [-0.2, 0) is 0 Å². The summed E-state index contributed by atoms with van der Waals surface area (Å²) in [5, 5.41) is 14.8. The molecule has 0 amide bonds.